The van der Waals surface area contributed by atoms with Crippen LogP contribution in [0.25, 0.3) is 0 Å². The van der Waals surface area contributed by atoms with E-state index in [0.717, 1.165) is 18.0 Å². The molecule has 0 aliphatic carbocycles. The fraction of sp³-hybridized carbons (Fsp3) is 0.286. The third-order valence-corrected chi connectivity index (χ3v) is 6.27. The van der Waals surface area contributed by atoms with E-state index < -0.39 is 0 Å². The monoisotopic (exact) mass is 438 g/mol. The second kappa shape index (κ2) is 9.61. The molecular weight excluding hydrogens is 416 g/mol. The molecule has 0 atom stereocenters. The highest BCUT2D eigenvalue weighted by molar-refractivity contribution is 7.99. The number of carbonyl (C=O) groups is 2. The summed E-state index contributed by atoms with van der Waals surface area (Å²) < 4.78 is 7.14. The van der Waals surface area contributed by atoms with Crippen molar-refractivity contribution in [1.29, 1.82) is 0 Å². The van der Waals surface area contributed by atoms with Crippen LogP contribution in [0.2, 0.25) is 0 Å². The van der Waals surface area contributed by atoms with Gasteiger partial charge in [0.2, 0.25) is 5.16 Å². The maximum Gasteiger partial charge on any atom is 0.415 e. The first-order chi connectivity index (χ1) is 15.1. The number of nitrogens with zero attached hydrogens (tertiary/aromatic N) is 5. The lowest BCUT2D eigenvalue weighted by Gasteiger charge is -2.30. The summed E-state index contributed by atoms with van der Waals surface area (Å²) in [5.41, 5.74) is 1.21. The largest absolute Gasteiger partial charge is 0.415 e. The van der Waals surface area contributed by atoms with Crippen LogP contribution in [-0.2, 0) is 7.05 Å². The molecule has 4 rings (SSSR count). The summed E-state index contributed by atoms with van der Waals surface area (Å²) >= 11 is 1.63. The van der Waals surface area contributed by atoms with Crippen LogP contribution in [0.1, 0.15) is 23.2 Å². The van der Waals surface area contributed by atoms with Gasteiger partial charge in [-0.25, -0.2) is 9.48 Å². The predicted molar refractivity (Wildman–Crippen MR) is 116 cm³/mol. The Bertz CT molecular complexity index is 1030. The van der Waals surface area contributed by atoms with E-state index in [2.05, 4.69) is 20.8 Å². The molecule has 160 valence electrons. The van der Waals surface area contributed by atoms with Crippen molar-refractivity contribution < 1.29 is 14.3 Å². The lowest BCUT2D eigenvalue weighted by atomic mass is 10.1. The highest BCUT2D eigenvalue weighted by atomic mass is 32.2. The molecule has 0 radical (unpaired) electrons. The zero-order chi connectivity index (χ0) is 21.6. The number of aromatic nitrogens is 4. The van der Waals surface area contributed by atoms with Crippen LogP contribution in [0.5, 0.6) is 5.75 Å². The van der Waals surface area contributed by atoms with Crippen LogP contribution in [0.15, 0.2) is 59.8 Å². The van der Waals surface area contributed by atoms with Gasteiger partial charge in [0.1, 0.15) is 5.75 Å². The van der Waals surface area contributed by atoms with Gasteiger partial charge in [0, 0.05) is 36.6 Å². The number of hydrogen-bond donors (Lipinski definition) is 1. The molecule has 9 nitrogen and oxygen atoms in total. The fourth-order valence-electron chi connectivity index (χ4n) is 3.19. The van der Waals surface area contributed by atoms with Crippen molar-refractivity contribution in [3.63, 3.8) is 0 Å². The molecule has 1 fully saturated rings. The van der Waals surface area contributed by atoms with Crippen LogP contribution >= 0.6 is 11.8 Å². The SMILES string of the molecule is Cn1nnnc1SC1CCN(C(=O)Oc2ccc(NC(=O)c3ccccc3)cc2)CC1. The van der Waals surface area contributed by atoms with Gasteiger partial charge in [-0.15, -0.1) is 5.10 Å². The average molecular weight is 439 g/mol. The number of likely N-dealkylation sites (tertiary alicyclic amines) is 1. The lowest BCUT2D eigenvalue weighted by Crippen LogP contribution is -2.40. The van der Waals surface area contributed by atoms with Crippen LogP contribution < -0.4 is 10.1 Å². The molecule has 0 bridgehead atoms. The molecule has 0 unspecified atom stereocenters. The van der Waals surface area contributed by atoms with Crippen molar-refractivity contribution in [3.05, 3.63) is 60.2 Å². The second-order valence-electron chi connectivity index (χ2n) is 7.10. The summed E-state index contributed by atoms with van der Waals surface area (Å²) in [6.45, 7) is 1.24. The van der Waals surface area contributed by atoms with Gasteiger partial charge >= 0.3 is 6.09 Å². The molecule has 3 aromatic rings. The topological polar surface area (TPSA) is 102 Å². The van der Waals surface area contributed by atoms with Gasteiger partial charge in [0.15, 0.2) is 0 Å². The van der Waals surface area contributed by atoms with E-state index in [1.54, 1.807) is 57.7 Å². The van der Waals surface area contributed by atoms with Gasteiger partial charge in [-0.3, -0.25) is 4.79 Å². The number of aryl methyl sites for hydroxylation is 1. The van der Waals surface area contributed by atoms with Crippen molar-refractivity contribution in [2.75, 3.05) is 18.4 Å². The Morgan fingerprint density at radius 1 is 1.06 bits per heavy atom. The molecule has 1 saturated heterocycles. The summed E-state index contributed by atoms with van der Waals surface area (Å²) in [4.78, 5) is 26.4. The number of nitrogens with one attached hydrogen (secondary N) is 1. The molecule has 10 heteroatoms. The molecule has 2 aromatic carbocycles. The number of thioether (sulfide) groups is 1. The molecule has 2 amide bonds. The van der Waals surface area contributed by atoms with Gasteiger partial charge in [-0.1, -0.05) is 30.0 Å². The van der Waals surface area contributed by atoms with Gasteiger partial charge in [-0.05, 0) is 59.7 Å². The minimum absolute atomic E-state index is 0.191. The van der Waals surface area contributed by atoms with Crippen LogP contribution in [0.4, 0.5) is 10.5 Å². The number of anilines is 1. The summed E-state index contributed by atoms with van der Waals surface area (Å²) in [7, 11) is 1.81. The summed E-state index contributed by atoms with van der Waals surface area (Å²) in [5.74, 6) is 0.243. The molecule has 1 N–H and O–H groups in total. The Morgan fingerprint density at radius 3 is 2.42 bits per heavy atom. The molecule has 1 aliphatic heterocycles. The van der Waals surface area contributed by atoms with Crippen LogP contribution in [0, 0.1) is 0 Å². The van der Waals surface area contributed by atoms with Crippen molar-refractivity contribution in [2.45, 2.75) is 23.2 Å². The Labute approximate surface area is 183 Å². The minimum atomic E-state index is -0.371. The number of carbonyl (C=O) groups excluding carboxylic acids is 2. The first-order valence-corrected chi connectivity index (χ1v) is 10.8. The second-order valence-corrected chi connectivity index (χ2v) is 8.37. The minimum Gasteiger partial charge on any atom is -0.410 e. The van der Waals surface area contributed by atoms with E-state index >= 15 is 0 Å². The van der Waals surface area contributed by atoms with Crippen molar-refractivity contribution >= 4 is 29.4 Å². The standard InChI is InChI=1S/C21H22N6O3S/c1-26-20(23-24-25-26)31-18-11-13-27(14-12-18)21(29)30-17-9-7-16(8-10-17)22-19(28)15-5-3-2-4-6-15/h2-10,18H,11-14H2,1H3,(H,22,28). The lowest BCUT2D eigenvalue weighted by molar-refractivity contribution is 0.102. The number of amides is 2. The number of benzene rings is 2. The maximum absolute atomic E-state index is 12.5. The van der Waals surface area contributed by atoms with E-state index in [1.807, 2.05) is 25.2 Å². The van der Waals surface area contributed by atoms with Crippen molar-refractivity contribution in [1.82, 2.24) is 25.1 Å². The summed E-state index contributed by atoms with van der Waals surface area (Å²) in [6, 6.07) is 15.7. The Hall–Kier alpha value is -3.40. The molecule has 2 heterocycles. The molecular formula is C21H22N6O3S. The van der Waals surface area contributed by atoms with Gasteiger partial charge in [0.05, 0.1) is 0 Å². The highest BCUT2D eigenvalue weighted by Crippen LogP contribution is 2.28. The Morgan fingerprint density at radius 2 is 1.77 bits per heavy atom. The quantitative estimate of drug-likeness (QED) is 0.652. The summed E-state index contributed by atoms with van der Waals surface area (Å²) in [6.07, 6.45) is 1.32. The van der Waals surface area contributed by atoms with E-state index in [9.17, 15) is 9.59 Å². The molecule has 0 saturated carbocycles. The first-order valence-electron chi connectivity index (χ1n) is 9.91. The first kappa shape index (κ1) is 20.9. The Kier molecular flexibility index (Phi) is 6.46. The number of ether oxygens (including phenoxy) is 1. The van der Waals surface area contributed by atoms with E-state index in [0.29, 0.717) is 35.3 Å². The number of piperidine rings is 1. The van der Waals surface area contributed by atoms with E-state index in [1.165, 1.54) is 0 Å². The van der Waals surface area contributed by atoms with E-state index in [-0.39, 0.29) is 12.0 Å². The third-order valence-electron chi connectivity index (χ3n) is 4.91. The van der Waals surface area contributed by atoms with Gasteiger partial charge in [0.25, 0.3) is 5.91 Å². The average Bonchev–Trinajstić information content (AvgIpc) is 3.20. The zero-order valence-electron chi connectivity index (χ0n) is 17.0. The fourth-order valence-corrected chi connectivity index (χ4v) is 4.21. The van der Waals surface area contributed by atoms with Crippen molar-refractivity contribution in [3.8, 4) is 5.75 Å². The molecule has 31 heavy (non-hydrogen) atoms. The highest BCUT2D eigenvalue weighted by Gasteiger charge is 2.26. The zero-order valence-corrected chi connectivity index (χ0v) is 17.8. The van der Waals surface area contributed by atoms with E-state index in [4.69, 9.17) is 4.74 Å². The third kappa shape index (κ3) is 5.40. The van der Waals surface area contributed by atoms with Gasteiger partial charge in [-0.2, -0.15) is 0 Å². The molecule has 1 aromatic heterocycles. The normalized spacial score (nSPS) is 14.3. The number of rotatable bonds is 5. The molecule has 1 aliphatic rings. The number of hydrogen-bond acceptors (Lipinski definition) is 7. The number of tetrazole rings is 1. The van der Waals surface area contributed by atoms with Crippen molar-refractivity contribution in [2.24, 2.45) is 7.05 Å². The Balaban J connectivity index is 1.25. The van der Waals surface area contributed by atoms with Crippen LogP contribution in [0.3, 0.4) is 0 Å². The van der Waals surface area contributed by atoms with Crippen LogP contribution in [-0.4, -0.2) is 55.4 Å². The maximum atomic E-state index is 12.5. The van der Waals surface area contributed by atoms with Gasteiger partial charge < -0.3 is 15.0 Å². The molecule has 0 spiro atoms. The summed E-state index contributed by atoms with van der Waals surface area (Å²) in [5, 5.41) is 15.4. The smallest absolute Gasteiger partial charge is 0.410 e. The predicted octanol–water partition coefficient (Wildman–Crippen LogP) is 3.22.